The van der Waals surface area contributed by atoms with Gasteiger partial charge in [-0.2, -0.15) is 5.10 Å². The molecule has 142 valence electrons. The molecule has 3 aromatic rings. The van der Waals surface area contributed by atoms with E-state index < -0.39 is 0 Å². The molecule has 0 bridgehead atoms. The number of nitrogens with zero attached hydrogens (tertiary/aromatic N) is 3. The Morgan fingerprint density at radius 2 is 1.64 bits per heavy atom. The van der Waals surface area contributed by atoms with Crippen LogP contribution in [0.5, 0.6) is 0 Å². The maximum Gasteiger partial charge on any atom is 0.257 e. The summed E-state index contributed by atoms with van der Waals surface area (Å²) in [6.07, 6.45) is 3.97. The first-order chi connectivity index (χ1) is 13.7. The highest BCUT2D eigenvalue weighted by Gasteiger charge is 2.38. The normalized spacial score (nSPS) is 21.8. The van der Waals surface area contributed by atoms with Gasteiger partial charge in [-0.15, -0.1) is 0 Å². The van der Waals surface area contributed by atoms with Crippen molar-refractivity contribution >= 4 is 5.91 Å². The number of hydrogen-bond acceptors (Lipinski definition) is 3. The number of nitrogens with two attached hydrogens (primary N) is 1. The van der Waals surface area contributed by atoms with E-state index in [1.807, 2.05) is 58.1 Å². The van der Waals surface area contributed by atoms with Gasteiger partial charge in [-0.1, -0.05) is 48.5 Å². The summed E-state index contributed by atoms with van der Waals surface area (Å²) in [6.45, 7) is 1.24. The minimum atomic E-state index is -0.0418. The molecule has 2 aromatic carbocycles. The topological polar surface area (TPSA) is 64.2 Å². The van der Waals surface area contributed by atoms with Gasteiger partial charge in [-0.3, -0.25) is 4.79 Å². The van der Waals surface area contributed by atoms with Gasteiger partial charge in [0.15, 0.2) is 0 Å². The standard InChI is InChI=1S/C23H24N4O/c24-21-15-26(14-20(21)16-7-3-1-4-8-16)23(28)19-13-25-27(22(19)17-11-12-17)18-9-5-2-6-10-18/h1-10,13,17,20-21H,11-12,14-15,24H2/t20-,21+/m0/s1. The molecule has 5 nitrogen and oxygen atoms in total. The van der Waals surface area contributed by atoms with E-state index in [1.54, 1.807) is 6.20 Å². The highest BCUT2D eigenvalue weighted by Crippen LogP contribution is 2.43. The molecule has 0 radical (unpaired) electrons. The van der Waals surface area contributed by atoms with E-state index in [-0.39, 0.29) is 17.9 Å². The largest absolute Gasteiger partial charge is 0.336 e. The predicted molar refractivity (Wildman–Crippen MR) is 109 cm³/mol. The lowest BCUT2D eigenvalue weighted by Gasteiger charge is -2.17. The Bertz CT molecular complexity index is 978. The predicted octanol–water partition coefficient (Wildman–Crippen LogP) is 3.32. The zero-order chi connectivity index (χ0) is 19.1. The van der Waals surface area contributed by atoms with Gasteiger partial charge >= 0.3 is 0 Å². The fourth-order valence-corrected chi connectivity index (χ4v) is 4.27. The number of likely N-dealkylation sites (tertiary alicyclic amines) is 1. The number of carbonyl (C=O) groups excluding carboxylic acids is 1. The third-order valence-corrected chi connectivity index (χ3v) is 5.88. The van der Waals surface area contributed by atoms with Crippen LogP contribution in [-0.2, 0) is 0 Å². The lowest BCUT2D eigenvalue weighted by molar-refractivity contribution is 0.0788. The van der Waals surface area contributed by atoms with Crippen LogP contribution in [0.25, 0.3) is 5.69 Å². The summed E-state index contributed by atoms with van der Waals surface area (Å²) in [5.41, 5.74) is 10.4. The number of benzene rings is 2. The summed E-state index contributed by atoms with van der Waals surface area (Å²) in [6, 6.07) is 20.3. The second-order valence-corrected chi connectivity index (χ2v) is 7.86. The zero-order valence-electron chi connectivity index (χ0n) is 15.7. The van der Waals surface area contributed by atoms with Crippen molar-refractivity contribution in [1.82, 2.24) is 14.7 Å². The summed E-state index contributed by atoms with van der Waals surface area (Å²) in [4.78, 5) is 15.3. The van der Waals surface area contributed by atoms with Gasteiger partial charge in [0.2, 0.25) is 0 Å². The van der Waals surface area contributed by atoms with Gasteiger partial charge in [0.25, 0.3) is 5.91 Å². The molecule has 1 amide bonds. The fourth-order valence-electron chi connectivity index (χ4n) is 4.27. The van der Waals surface area contributed by atoms with Crippen molar-refractivity contribution in [3.05, 3.63) is 83.7 Å². The molecule has 0 unspecified atom stereocenters. The molecule has 1 aliphatic carbocycles. The number of aromatic nitrogens is 2. The Labute approximate surface area is 164 Å². The number of para-hydroxylation sites is 1. The quantitative estimate of drug-likeness (QED) is 0.764. The van der Waals surface area contributed by atoms with Crippen LogP contribution in [-0.4, -0.2) is 39.7 Å². The second-order valence-electron chi connectivity index (χ2n) is 7.86. The van der Waals surface area contributed by atoms with Crippen molar-refractivity contribution in [3.63, 3.8) is 0 Å². The highest BCUT2D eigenvalue weighted by molar-refractivity contribution is 5.96. The summed E-state index contributed by atoms with van der Waals surface area (Å²) < 4.78 is 1.94. The molecule has 28 heavy (non-hydrogen) atoms. The van der Waals surface area contributed by atoms with Crippen molar-refractivity contribution in [2.75, 3.05) is 13.1 Å². The number of rotatable bonds is 4. The zero-order valence-corrected chi connectivity index (χ0v) is 15.7. The summed E-state index contributed by atoms with van der Waals surface area (Å²) in [5, 5.41) is 4.57. The fraction of sp³-hybridized carbons (Fsp3) is 0.304. The maximum absolute atomic E-state index is 13.4. The lowest BCUT2D eigenvalue weighted by atomic mass is 9.95. The smallest absolute Gasteiger partial charge is 0.257 e. The number of carbonyl (C=O) groups is 1. The molecule has 5 heteroatoms. The molecular weight excluding hydrogens is 348 g/mol. The summed E-state index contributed by atoms with van der Waals surface area (Å²) in [5.74, 6) is 0.652. The molecule has 1 saturated heterocycles. The Morgan fingerprint density at radius 3 is 2.32 bits per heavy atom. The first kappa shape index (κ1) is 17.2. The van der Waals surface area contributed by atoms with Crippen LogP contribution in [0, 0.1) is 0 Å². The Kier molecular flexibility index (Phi) is 4.24. The monoisotopic (exact) mass is 372 g/mol. The molecule has 2 atom stereocenters. The third kappa shape index (κ3) is 3.02. The van der Waals surface area contributed by atoms with E-state index in [0.29, 0.717) is 19.0 Å². The van der Waals surface area contributed by atoms with Gasteiger partial charge in [-0.25, -0.2) is 4.68 Å². The number of hydrogen-bond donors (Lipinski definition) is 1. The van der Waals surface area contributed by atoms with E-state index in [9.17, 15) is 4.79 Å². The minimum absolute atomic E-state index is 0.0418. The van der Waals surface area contributed by atoms with E-state index in [1.165, 1.54) is 5.56 Å². The average molecular weight is 372 g/mol. The van der Waals surface area contributed by atoms with Crippen LogP contribution in [0.15, 0.2) is 66.9 Å². The third-order valence-electron chi connectivity index (χ3n) is 5.88. The molecule has 0 spiro atoms. The molecule has 2 fully saturated rings. The minimum Gasteiger partial charge on any atom is -0.336 e. The Hall–Kier alpha value is -2.92. The Balaban J connectivity index is 1.44. The van der Waals surface area contributed by atoms with Crippen LogP contribution in [0.1, 0.15) is 46.3 Å². The molecule has 5 rings (SSSR count). The average Bonchev–Trinajstić information content (AvgIpc) is 3.36. The van der Waals surface area contributed by atoms with Gasteiger partial charge in [-0.05, 0) is 30.5 Å². The highest BCUT2D eigenvalue weighted by atomic mass is 16.2. The van der Waals surface area contributed by atoms with Crippen LogP contribution in [0.3, 0.4) is 0 Å². The van der Waals surface area contributed by atoms with Crippen LogP contribution < -0.4 is 5.73 Å². The summed E-state index contributed by atoms with van der Waals surface area (Å²) in [7, 11) is 0. The second kappa shape index (κ2) is 6.91. The number of amides is 1. The Morgan fingerprint density at radius 1 is 0.964 bits per heavy atom. The molecule has 1 aliphatic heterocycles. The van der Waals surface area contributed by atoms with Crippen molar-refractivity contribution in [3.8, 4) is 5.69 Å². The van der Waals surface area contributed by atoms with Gasteiger partial charge < -0.3 is 10.6 Å². The summed E-state index contributed by atoms with van der Waals surface area (Å²) >= 11 is 0. The maximum atomic E-state index is 13.4. The lowest BCUT2D eigenvalue weighted by Crippen LogP contribution is -2.32. The van der Waals surface area contributed by atoms with E-state index >= 15 is 0 Å². The van der Waals surface area contributed by atoms with Gasteiger partial charge in [0.05, 0.1) is 23.1 Å². The molecule has 1 aromatic heterocycles. The van der Waals surface area contributed by atoms with Crippen molar-refractivity contribution in [2.24, 2.45) is 5.73 Å². The molecular formula is C23H24N4O. The van der Waals surface area contributed by atoms with E-state index in [4.69, 9.17) is 5.73 Å². The first-order valence-corrected chi connectivity index (χ1v) is 9.95. The SMILES string of the molecule is N[C@@H]1CN(C(=O)c2cnn(-c3ccccc3)c2C2CC2)C[C@H]1c1ccccc1. The van der Waals surface area contributed by atoms with Crippen LogP contribution in [0.2, 0.25) is 0 Å². The van der Waals surface area contributed by atoms with Crippen LogP contribution in [0.4, 0.5) is 0 Å². The van der Waals surface area contributed by atoms with Gasteiger partial charge in [0, 0.05) is 31.0 Å². The molecule has 2 N–H and O–H groups in total. The van der Waals surface area contributed by atoms with Gasteiger partial charge in [0.1, 0.15) is 0 Å². The van der Waals surface area contributed by atoms with Crippen molar-refractivity contribution < 1.29 is 4.79 Å². The van der Waals surface area contributed by atoms with Crippen molar-refractivity contribution in [1.29, 1.82) is 0 Å². The molecule has 1 saturated carbocycles. The first-order valence-electron chi connectivity index (χ1n) is 9.95. The molecule has 2 aliphatic rings. The van der Waals surface area contributed by atoms with Crippen molar-refractivity contribution in [2.45, 2.75) is 30.7 Å². The van der Waals surface area contributed by atoms with Crippen LogP contribution >= 0.6 is 0 Å². The van der Waals surface area contributed by atoms with E-state index in [2.05, 4.69) is 17.2 Å². The van der Waals surface area contributed by atoms with E-state index in [0.717, 1.165) is 29.8 Å². The molecule has 2 heterocycles.